The van der Waals surface area contributed by atoms with Crippen LogP contribution in [0, 0.1) is 6.92 Å². The average Bonchev–Trinajstić information content (AvgIpc) is 2.38. The molecule has 1 heterocycles. The number of aromatic nitrogens is 2. The first-order chi connectivity index (χ1) is 9.11. The summed E-state index contributed by atoms with van der Waals surface area (Å²) in [6.45, 7) is 1.90. The molecule has 0 aliphatic rings. The van der Waals surface area contributed by atoms with Crippen LogP contribution in [-0.4, -0.2) is 21.0 Å². The van der Waals surface area contributed by atoms with Gasteiger partial charge in [-0.2, -0.15) is 0 Å². The fraction of sp³-hybridized carbons (Fsp3) is 0.0833. The van der Waals surface area contributed by atoms with Gasteiger partial charge in [-0.15, -0.1) is 0 Å². The first-order valence-corrected chi connectivity index (χ1v) is 6.96. The van der Waals surface area contributed by atoms with E-state index in [1.165, 1.54) is 11.8 Å². The lowest BCUT2D eigenvalue weighted by Gasteiger charge is -2.09. The third-order valence-corrected chi connectivity index (χ3v) is 3.91. The Morgan fingerprint density at radius 1 is 1.42 bits per heavy atom. The molecule has 0 aliphatic carbocycles. The van der Waals surface area contributed by atoms with Crippen molar-refractivity contribution in [1.29, 1.82) is 0 Å². The van der Waals surface area contributed by atoms with Gasteiger partial charge in [0.25, 0.3) is 0 Å². The molecule has 0 bridgehead atoms. The first kappa shape index (κ1) is 13.8. The molecule has 0 saturated carbocycles. The van der Waals surface area contributed by atoms with Gasteiger partial charge in [0.2, 0.25) is 0 Å². The van der Waals surface area contributed by atoms with E-state index >= 15 is 0 Å². The molecule has 2 aromatic rings. The number of nitrogens with two attached hydrogens (primary N) is 1. The van der Waals surface area contributed by atoms with E-state index in [1.54, 1.807) is 6.20 Å². The summed E-state index contributed by atoms with van der Waals surface area (Å²) >= 11 is 4.75. The lowest BCUT2D eigenvalue weighted by molar-refractivity contribution is 0.318. The molecule has 0 amide bonds. The van der Waals surface area contributed by atoms with E-state index in [2.05, 4.69) is 31.1 Å². The number of aryl methyl sites for hydroxylation is 1. The molecule has 0 fully saturated rings. The molecule has 0 radical (unpaired) electrons. The van der Waals surface area contributed by atoms with Gasteiger partial charge < -0.3 is 10.9 Å². The highest BCUT2D eigenvalue weighted by Gasteiger charge is 2.13. The maximum atomic E-state index is 8.85. The molecule has 5 nitrogen and oxygen atoms in total. The zero-order valence-corrected chi connectivity index (χ0v) is 12.4. The maximum absolute atomic E-state index is 8.85. The minimum absolute atomic E-state index is 0.0441. The molecule has 3 N–H and O–H groups in total. The largest absolute Gasteiger partial charge is 0.409 e. The molecular weight excluding hydrogens is 328 g/mol. The van der Waals surface area contributed by atoms with Crippen LogP contribution in [0.15, 0.2) is 50.1 Å². The highest BCUT2D eigenvalue weighted by Crippen LogP contribution is 2.32. The summed E-state index contributed by atoms with van der Waals surface area (Å²) in [7, 11) is 0. The fourth-order valence-corrected chi connectivity index (χ4v) is 3.13. The summed E-state index contributed by atoms with van der Waals surface area (Å²) in [5.41, 5.74) is 7.21. The summed E-state index contributed by atoms with van der Waals surface area (Å²) in [4.78, 5) is 9.32. The highest BCUT2D eigenvalue weighted by molar-refractivity contribution is 9.10. The first-order valence-electron chi connectivity index (χ1n) is 5.35. The van der Waals surface area contributed by atoms with E-state index in [1.807, 2.05) is 31.2 Å². The fourth-order valence-electron chi connectivity index (χ4n) is 1.46. The Bertz CT molecular complexity index is 633. The van der Waals surface area contributed by atoms with E-state index in [-0.39, 0.29) is 5.84 Å². The van der Waals surface area contributed by atoms with Crippen molar-refractivity contribution in [3.8, 4) is 0 Å². The van der Waals surface area contributed by atoms with Gasteiger partial charge in [0, 0.05) is 26.8 Å². The van der Waals surface area contributed by atoms with E-state index in [4.69, 9.17) is 10.9 Å². The van der Waals surface area contributed by atoms with Crippen molar-refractivity contribution in [3.05, 3.63) is 46.2 Å². The van der Waals surface area contributed by atoms with Gasteiger partial charge in [-0.1, -0.05) is 11.2 Å². The number of benzene rings is 1. The Kier molecular flexibility index (Phi) is 4.39. The predicted molar refractivity (Wildman–Crippen MR) is 77.5 cm³/mol. The molecule has 1 aromatic heterocycles. The maximum Gasteiger partial charge on any atom is 0.192 e. The van der Waals surface area contributed by atoms with Crippen LogP contribution in [0.4, 0.5) is 0 Å². The van der Waals surface area contributed by atoms with E-state index in [0.717, 1.165) is 15.1 Å². The molecule has 0 atom stereocenters. The van der Waals surface area contributed by atoms with Crippen LogP contribution in [0.5, 0.6) is 0 Å². The Morgan fingerprint density at radius 3 is 2.89 bits per heavy atom. The van der Waals surface area contributed by atoms with E-state index in [0.29, 0.717) is 10.7 Å². The Balaban J connectivity index is 2.43. The van der Waals surface area contributed by atoms with Crippen LogP contribution in [0.2, 0.25) is 0 Å². The Hall–Kier alpha value is -1.60. The second kappa shape index (κ2) is 6.03. The standard InChI is InChI=1S/C12H11BrN4OS/c1-7-5-6-15-12(16-7)19-9-4-2-3-8(13)10(9)11(14)17-18/h2-6,18H,1H3,(H2,14,17). The lowest BCUT2D eigenvalue weighted by Crippen LogP contribution is -2.15. The normalized spacial score (nSPS) is 11.6. The van der Waals surface area contributed by atoms with Gasteiger partial charge in [-0.3, -0.25) is 0 Å². The quantitative estimate of drug-likeness (QED) is 0.295. The third kappa shape index (κ3) is 3.24. The SMILES string of the molecule is Cc1ccnc(Sc2cccc(Br)c2/C(N)=N/O)n1. The topological polar surface area (TPSA) is 84.4 Å². The molecular formula is C12H11BrN4OS. The van der Waals surface area contributed by atoms with E-state index in [9.17, 15) is 0 Å². The van der Waals surface area contributed by atoms with Crippen molar-refractivity contribution in [2.75, 3.05) is 0 Å². The smallest absolute Gasteiger partial charge is 0.192 e. The van der Waals surface area contributed by atoms with Crippen molar-refractivity contribution in [3.63, 3.8) is 0 Å². The van der Waals surface area contributed by atoms with Crippen LogP contribution < -0.4 is 5.73 Å². The van der Waals surface area contributed by atoms with Gasteiger partial charge in [0.1, 0.15) is 0 Å². The number of hydrogen-bond donors (Lipinski definition) is 2. The van der Waals surface area contributed by atoms with Crippen molar-refractivity contribution >= 4 is 33.5 Å². The molecule has 1 aromatic carbocycles. The van der Waals surface area contributed by atoms with Gasteiger partial charge in [0.05, 0.1) is 0 Å². The Morgan fingerprint density at radius 2 is 2.21 bits per heavy atom. The monoisotopic (exact) mass is 338 g/mol. The molecule has 19 heavy (non-hydrogen) atoms. The number of oxime groups is 1. The molecule has 7 heteroatoms. The van der Waals surface area contributed by atoms with Crippen molar-refractivity contribution in [2.24, 2.45) is 10.9 Å². The third-order valence-electron chi connectivity index (χ3n) is 2.31. The number of rotatable bonds is 3. The summed E-state index contributed by atoms with van der Waals surface area (Å²) in [6, 6.07) is 7.40. The lowest BCUT2D eigenvalue weighted by atomic mass is 10.2. The van der Waals surface area contributed by atoms with Crippen LogP contribution in [0.25, 0.3) is 0 Å². The number of hydrogen-bond acceptors (Lipinski definition) is 5. The molecule has 0 unspecified atom stereocenters. The highest BCUT2D eigenvalue weighted by atomic mass is 79.9. The number of amidine groups is 1. The summed E-state index contributed by atoms with van der Waals surface area (Å²) in [5.74, 6) is 0.0441. The molecule has 0 spiro atoms. The summed E-state index contributed by atoms with van der Waals surface area (Å²) < 4.78 is 0.750. The minimum atomic E-state index is 0.0441. The second-order valence-corrected chi connectivity index (χ2v) is 5.54. The predicted octanol–water partition coefficient (Wildman–Crippen LogP) is 2.79. The summed E-state index contributed by atoms with van der Waals surface area (Å²) in [5, 5.41) is 12.5. The van der Waals surface area contributed by atoms with Crippen molar-refractivity contribution in [1.82, 2.24) is 9.97 Å². The zero-order valence-electron chi connectivity index (χ0n) is 10.0. The molecule has 0 aliphatic heterocycles. The number of nitrogens with zero attached hydrogens (tertiary/aromatic N) is 3. The second-order valence-electron chi connectivity index (χ2n) is 3.68. The minimum Gasteiger partial charge on any atom is -0.409 e. The van der Waals surface area contributed by atoms with Gasteiger partial charge in [-0.05, 0) is 52.8 Å². The molecule has 98 valence electrons. The van der Waals surface area contributed by atoms with Crippen LogP contribution >= 0.6 is 27.7 Å². The van der Waals surface area contributed by atoms with Crippen molar-refractivity contribution in [2.45, 2.75) is 17.0 Å². The van der Waals surface area contributed by atoms with E-state index < -0.39 is 0 Å². The average molecular weight is 339 g/mol. The molecule has 2 rings (SSSR count). The van der Waals surface area contributed by atoms with Gasteiger partial charge >= 0.3 is 0 Å². The van der Waals surface area contributed by atoms with Crippen LogP contribution in [-0.2, 0) is 0 Å². The zero-order chi connectivity index (χ0) is 13.8. The Labute approximate surface area is 123 Å². The number of halogens is 1. The van der Waals surface area contributed by atoms with Crippen LogP contribution in [0.3, 0.4) is 0 Å². The molecule has 0 saturated heterocycles. The van der Waals surface area contributed by atoms with Crippen molar-refractivity contribution < 1.29 is 5.21 Å². The van der Waals surface area contributed by atoms with Gasteiger partial charge in [-0.25, -0.2) is 9.97 Å². The summed E-state index contributed by atoms with van der Waals surface area (Å²) in [6.07, 6.45) is 1.70. The van der Waals surface area contributed by atoms with Crippen LogP contribution in [0.1, 0.15) is 11.3 Å². The van der Waals surface area contributed by atoms with Gasteiger partial charge in [0.15, 0.2) is 11.0 Å².